The number of aromatic nitrogens is 3. The maximum Gasteiger partial charge on any atom is 0.168 e. The van der Waals surface area contributed by atoms with Crippen LogP contribution in [0.2, 0.25) is 0 Å². The highest BCUT2D eigenvalue weighted by Gasteiger charge is 2.21. The predicted molar refractivity (Wildman–Crippen MR) is 57.0 cm³/mol. The van der Waals surface area contributed by atoms with Crippen LogP contribution in [0.25, 0.3) is 0 Å². The van der Waals surface area contributed by atoms with Crippen molar-refractivity contribution in [2.75, 3.05) is 12.8 Å². The number of aryl methyl sites for hydroxylation is 1. The molecule has 1 unspecified atom stereocenters. The van der Waals surface area contributed by atoms with Gasteiger partial charge in [-0.05, 0) is 19.9 Å². The summed E-state index contributed by atoms with van der Waals surface area (Å²) < 4.78 is 22.5. The Morgan fingerprint density at radius 2 is 2.20 bits per heavy atom. The van der Waals surface area contributed by atoms with Crippen molar-refractivity contribution in [3.05, 3.63) is 11.6 Å². The lowest BCUT2D eigenvalue weighted by atomic mass is 10.3. The quantitative estimate of drug-likeness (QED) is 0.732. The molecular weight excluding hydrogens is 216 g/mol. The summed E-state index contributed by atoms with van der Waals surface area (Å²) in [6.07, 6.45) is 2.68. The molecule has 1 aromatic rings. The molecule has 0 saturated carbocycles. The van der Waals surface area contributed by atoms with E-state index in [0.29, 0.717) is 24.6 Å². The van der Waals surface area contributed by atoms with E-state index < -0.39 is 15.1 Å². The van der Waals surface area contributed by atoms with Gasteiger partial charge in [0.2, 0.25) is 0 Å². The van der Waals surface area contributed by atoms with E-state index in [2.05, 4.69) is 15.2 Å². The predicted octanol–water partition coefficient (Wildman–Crippen LogP) is -0.198. The first-order valence-electron chi connectivity index (χ1n) is 4.75. The van der Waals surface area contributed by atoms with Gasteiger partial charge >= 0.3 is 0 Å². The Hall–Kier alpha value is -0.950. The highest BCUT2D eigenvalue weighted by Crippen LogP contribution is 2.16. The average Bonchev–Trinajstić information content (AvgIpc) is 2.60. The molecule has 0 spiro atoms. The summed E-state index contributed by atoms with van der Waals surface area (Å²) in [5.74, 6) is 1.01. The Morgan fingerprint density at radius 1 is 1.53 bits per heavy atom. The maximum atomic E-state index is 11.2. The second-order valence-corrected chi connectivity index (χ2v) is 5.87. The van der Waals surface area contributed by atoms with E-state index in [1.807, 2.05) is 0 Å². The molecule has 0 aliphatic rings. The van der Waals surface area contributed by atoms with Crippen LogP contribution in [0.4, 0.5) is 0 Å². The normalized spacial score (nSPS) is 14.1. The van der Waals surface area contributed by atoms with Crippen LogP contribution in [-0.4, -0.2) is 36.4 Å². The highest BCUT2D eigenvalue weighted by molar-refractivity contribution is 7.90. The van der Waals surface area contributed by atoms with E-state index in [9.17, 15) is 8.42 Å². The lowest BCUT2D eigenvalue weighted by Crippen LogP contribution is -2.09. The Bertz CT molecular complexity index is 412. The molecule has 1 rings (SSSR count). The van der Waals surface area contributed by atoms with Crippen molar-refractivity contribution < 1.29 is 8.42 Å². The lowest BCUT2D eigenvalue weighted by Gasteiger charge is -2.02. The fourth-order valence-electron chi connectivity index (χ4n) is 1.06. The molecule has 0 saturated heterocycles. The number of H-pyrrole nitrogens is 1. The van der Waals surface area contributed by atoms with Crippen molar-refractivity contribution in [2.24, 2.45) is 5.73 Å². The zero-order valence-electron chi connectivity index (χ0n) is 8.90. The van der Waals surface area contributed by atoms with E-state index in [0.717, 1.165) is 6.42 Å². The molecule has 0 aliphatic heterocycles. The van der Waals surface area contributed by atoms with E-state index >= 15 is 0 Å². The summed E-state index contributed by atoms with van der Waals surface area (Å²) in [5, 5.41) is 5.93. The Labute approximate surface area is 89.2 Å². The number of sulfone groups is 1. The van der Waals surface area contributed by atoms with Gasteiger partial charge in [0.1, 0.15) is 11.1 Å². The first-order valence-corrected chi connectivity index (χ1v) is 6.70. The monoisotopic (exact) mass is 232 g/mol. The molecule has 1 atom stereocenters. The number of nitrogens with zero attached hydrogens (tertiary/aromatic N) is 2. The standard InChI is InChI=1S/C8H16N4O2S/c1-6(15(2,13)14)8-10-7(11-12-8)4-3-5-9/h6H,3-5,9H2,1-2H3,(H,10,11,12). The topological polar surface area (TPSA) is 102 Å². The van der Waals surface area contributed by atoms with Crippen molar-refractivity contribution >= 4 is 9.84 Å². The van der Waals surface area contributed by atoms with Crippen LogP contribution in [0.3, 0.4) is 0 Å². The van der Waals surface area contributed by atoms with Gasteiger partial charge in [-0.1, -0.05) is 0 Å². The molecule has 0 radical (unpaired) electrons. The van der Waals surface area contributed by atoms with Gasteiger partial charge in [-0.2, -0.15) is 5.10 Å². The zero-order chi connectivity index (χ0) is 11.5. The summed E-state index contributed by atoms with van der Waals surface area (Å²) in [4.78, 5) is 4.11. The maximum absolute atomic E-state index is 11.2. The molecule has 0 amide bonds. The van der Waals surface area contributed by atoms with E-state index in [1.54, 1.807) is 6.92 Å². The Balaban J connectivity index is 2.76. The van der Waals surface area contributed by atoms with Crippen LogP contribution in [-0.2, 0) is 16.3 Å². The first kappa shape index (κ1) is 12.1. The largest absolute Gasteiger partial charge is 0.330 e. The van der Waals surface area contributed by atoms with Crippen molar-refractivity contribution in [3.8, 4) is 0 Å². The SMILES string of the molecule is CC(c1n[nH]c(CCCN)n1)S(C)(=O)=O. The third-order valence-corrected chi connectivity index (χ3v) is 3.67. The van der Waals surface area contributed by atoms with Crippen LogP contribution in [0.1, 0.15) is 30.2 Å². The molecule has 15 heavy (non-hydrogen) atoms. The number of nitrogens with two attached hydrogens (primary N) is 1. The molecule has 3 N–H and O–H groups in total. The first-order chi connectivity index (χ1) is 6.95. The third-order valence-electron chi connectivity index (χ3n) is 2.17. The molecule has 0 bridgehead atoms. The van der Waals surface area contributed by atoms with Crippen molar-refractivity contribution in [1.82, 2.24) is 15.2 Å². The van der Waals surface area contributed by atoms with Crippen molar-refractivity contribution in [1.29, 1.82) is 0 Å². The second kappa shape index (κ2) is 4.71. The molecule has 7 heteroatoms. The summed E-state index contributed by atoms with van der Waals surface area (Å²) in [5.41, 5.74) is 5.35. The number of nitrogens with one attached hydrogen (secondary N) is 1. The number of hydrogen-bond acceptors (Lipinski definition) is 5. The van der Waals surface area contributed by atoms with Crippen LogP contribution in [0.15, 0.2) is 0 Å². The van der Waals surface area contributed by atoms with Gasteiger partial charge in [0.05, 0.1) is 0 Å². The smallest absolute Gasteiger partial charge is 0.168 e. The van der Waals surface area contributed by atoms with Crippen LogP contribution >= 0.6 is 0 Å². The summed E-state index contributed by atoms with van der Waals surface area (Å²) in [6, 6.07) is 0. The minimum atomic E-state index is -3.13. The van der Waals surface area contributed by atoms with Crippen molar-refractivity contribution in [3.63, 3.8) is 0 Å². The lowest BCUT2D eigenvalue weighted by molar-refractivity contribution is 0.589. The van der Waals surface area contributed by atoms with E-state index in [4.69, 9.17) is 5.73 Å². The van der Waals surface area contributed by atoms with E-state index in [-0.39, 0.29) is 0 Å². The van der Waals surface area contributed by atoms with Crippen LogP contribution in [0.5, 0.6) is 0 Å². The van der Waals surface area contributed by atoms with Gasteiger partial charge < -0.3 is 5.73 Å². The molecule has 0 aliphatic carbocycles. The third kappa shape index (κ3) is 3.28. The molecule has 1 aromatic heterocycles. The molecule has 0 aromatic carbocycles. The molecule has 6 nitrogen and oxygen atoms in total. The zero-order valence-corrected chi connectivity index (χ0v) is 9.71. The molecular formula is C8H16N4O2S. The second-order valence-electron chi connectivity index (χ2n) is 3.50. The fraction of sp³-hybridized carbons (Fsp3) is 0.750. The van der Waals surface area contributed by atoms with Crippen molar-refractivity contribution in [2.45, 2.75) is 25.0 Å². The average molecular weight is 232 g/mol. The van der Waals surface area contributed by atoms with Gasteiger partial charge in [0, 0.05) is 12.7 Å². The highest BCUT2D eigenvalue weighted by atomic mass is 32.2. The summed E-state index contributed by atoms with van der Waals surface area (Å²) in [7, 11) is -3.13. The number of aromatic amines is 1. The van der Waals surface area contributed by atoms with Gasteiger partial charge in [0.25, 0.3) is 0 Å². The van der Waals surface area contributed by atoms with Gasteiger partial charge in [-0.25, -0.2) is 13.4 Å². The Kier molecular flexibility index (Phi) is 3.81. The number of rotatable bonds is 5. The minimum absolute atomic E-state index is 0.324. The molecule has 1 heterocycles. The van der Waals surface area contributed by atoms with E-state index in [1.165, 1.54) is 6.26 Å². The number of hydrogen-bond donors (Lipinski definition) is 2. The van der Waals surface area contributed by atoms with Gasteiger partial charge in [-0.15, -0.1) is 0 Å². The summed E-state index contributed by atoms with van der Waals surface area (Å²) in [6.45, 7) is 2.16. The van der Waals surface area contributed by atoms with Crippen LogP contribution < -0.4 is 5.73 Å². The molecule has 86 valence electrons. The fourth-order valence-corrected chi connectivity index (χ4v) is 1.55. The minimum Gasteiger partial charge on any atom is -0.330 e. The molecule has 0 fully saturated rings. The summed E-state index contributed by atoms with van der Waals surface area (Å²) >= 11 is 0. The van der Waals surface area contributed by atoms with Gasteiger partial charge in [-0.3, -0.25) is 5.10 Å². The van der Waals surface area contributed by atoms with Gasteiger partial charge in [0.15, 0.2) is 15.7 Å². The Morgan fingerprint density at radius 3 is 2.73 bits per heavy atom. The van der Waals surface area contributed by atoms with Crippen LogP contribution in [0, 0.1) is 0 Å².